The largest absolute Gasteiger partial charge is 0.369 e. The van der Waals surface area contributed by atoms with E-state index in [1.807, 2.05) is 6.92 Å². The molecule has 0 atom stereocenters. The number of nitrogens with one attached hydrogen (secondary N) is 2. The molecule has 14 heavy (non-hydrogen) atoms. The third-order valence-corrected chi connectivity index (χ3v) is 2.23. The zero-order valence-electron chi connectivity index (χ0n) is 8.76. The molecule has 1 rings (SSSR count). The van der Waals surface area contributed by atoms with E-state index in [1.165, 1.54) is 5.57 Å². The number of hydrogen-bond donors (Lipinski definition) is 3. The van der Waals surface area contributed by atoms with Crippen LogP contribution in [0.25, 0.3) is 0 Å². The lowest BCUT2D eigenvalue weighted by atomic mass is 10.1. The van der Waals surface area contributed by atoms with Gasteiger partial charge >= 0.3 is 0 Å². The number of amidine groups is 1. The summed E-state index contributed by atoms with van der Waals surface area (Å²) in [6.45, 7) is 5.47. The lowest BCUT2D eigenvalue weighted by Gasteiger charge is -2.06. The molecule has 1 heterocycles. The van der Waals surface area contributed by atoms with Crippen LogP contribution in [0.4, 0.5) is 0 Å². The summed E-state index contributed by atoms with van der Waals surface area (Å²) in [6, 6.07) is 0. The summed E-state index contributed by atoms with van der Waals surface area (Å²) >= 11 is 0. The third-order valence-electron chi connectivity index (χ3n) is 2.23. The van der Waals surface area contributed by atoms with Crippen LogP contribution in [-0.2, 0) is 4.84 Å². The van der Waals surface area contributed by atoms with E-state index in [-0.39, 0.29) is 0 Å². The van der Waals surface area contributed by atoms with Gasteiger partial charge < -0.3 is 10.2 Å². The fourth-order valence-electron chi connectivity index (χ4n) is 1.13. The van der Waals surface area contributed by atoms with Gasteiger partial charge in [-0.15, -0.1) is 0 Å². The fraction of sp³-hybridized carbons (Fsp3) is 0.667. The predicted molar refractivity (Wildman–Crippen MR) is 56.3 cm³/mol. The fourth-order valence-corrected chi connectivity index (χ4v) is 1.13. The highest BCUT2D eigenvalue weighted by atomic mass is 16.6. The van der Waals surface area contributed by atoms with Crippen LogP contribution >= 0.6 is 0 Å². The summed E-state index contributed by atoms with van der Waals surface area (Å²) < 4.78 is 0. The highest BCUT2D eigenvalue weighted by Gasteiger charge is 2.08. The van der Waals surface area contributed by atoms with Crippen LogP contribution in [-0.4, -0.2) is 18.9 Å². The molecule has 0 saturated carbocycles. The molecule has 0 spiro atoms. The Hall–Kier alpha value is -1.07. The monoisotopic (exact) mass is 198 g/mol. The number of nitrogens with two attached hydrogens (primary N) is 1. The molecular formula is C9H18N4O. The molecule has 5 nitrogen and oxygen atoms in total. The Balaban J connectivity index is 2.36. The van der Waals surface area contributed by atoms with Gasteiger partial charge in [-0.2, -0.15) is 0 Å². The van der Waals surface area contributed by atoms with Crippen LogP contribution in [0.15, 0.2) is 16.5 Å². The lowest BCUT2D eigenvalue weighted by Crippen LogP contribution is -2.34. The first-order valence-corrected chi connectivity index (χ1v) is 4.81. The normalized spacial score (nSPS) is 17.2. The molecule has 0 aromatic carbocycles. The Morgan fingerprint density at radius 2 is 2.14 bits per heavy atom. The number of hydrogen-bond acceptors (Lipinski definition) is 5. The molecular weight excluding hydrogens is 180 g/mol. The number of allylic oxidation sites excluding steroid dienone is 2. The Morgan fingerprint density at radius 3 is 2.86 bits per heavy atom. The van der Waals surface area contributed by atoms with Crippen molar-refractivity contribution in [1.29, 1.82) is 0 Å². The van der Waals surface area contributed by atoms with E-state index in [4.69, 9.17) is 10.7 Å². The summed E-state index contributed by atoms with van der Waals surface area (Å²) in [5, 5.41) is 7.16. The van der Waals surface area contributed by atoms with Crippen molar-refractivity contribution in [3.05, 3.63) is 11.3 Å². The van der Waals surface area contributed by atoms with Crippen LogP contribution in [0.2, 0.25) is 0 Å². The molecule has 0 fully saturated rings. The van der Waals surface area contributed by atoms with Crippen molar-refractivity contribution in [2.24, 2.45) is 11.0 Å². The highest BCUT2D eigenvalue weighted by Crippen LogP contribution is 2.15. The van der Waals surface area contributed by atoms with Crippen molar-refractivity contribution in [3.63, 3.8) is 0 Å². The Bertz CT molecular complexity index is 247. The highest BCUT2D eigenvalue weighted by molar-refractivity contribution is 5.82. The standard InChI is InChI=1S/C9H18N4O/c1-7-3-4-9(11-5-6-12-10)13-14-8(7)2/h12H,3-6,10H2,1-2H3,(H,11,13). The number of hydrazine groups is 1. The summed E-state index contributed by atoms with van der Waals surface area (Å²) in [6.07, 6.45) is 1.89. The lowest BCUT2D eigenvalue weighted by molar-refractivity contribution is 0.226. The van der Waals surface area contributed by atoms with Gasteiger partial charge in [0.15, 0.2) is 0 Å². The van der Waals surface area contributed by atoms with Gasteiger partial charge in [0.05, 0.1) is 0 Å². The van der Waals surface area contributed by atoms with Crippen molar-refractivity contribution in [3.8, 4) is 0 Å². The molecule has 0 radical (unpaired) electrons. The predicted octanol–water partition coefficient (Wildman–Crippen LogP) is 0.457. The Labute approximate surface area is 84.3 Å². The zero-order valence-corrected chi connectivity index (χ0v) is 8.76. The second kappa shape index (κ2) is 5.62. The van der Waals surface area contributed by atoms with Crippen molar-refractivity contribution in [2.45, 2.75) is 26.7 Å². The Kier molecular flexibility index (Phi) is 4.42. The van der Waals surface area contributed by atoms with E-state index in [1.54, 1.807) is 0 Å². The van der Waals surface area contributed by atoms with E-state index in [2.05, 4.69) is 22.8 Å². The second-order valence-electron chi connectivity index (χ2n) is 3.35. The molecule has 80 valence electrons. The van der Waals surface area contributed by atoms with Crippen molar-refractivity contribution in [1.82, 2.24) is 10.7 Å². The minimum absolute atomic E-state index is 0.713. The van der Waals surface area contributed by atoms with Crippen molar-refractivity contribution < 1.29 is 4.84 Å². The zero-order chi connectivity index (χ0) is 10.4. The summed E-state index contributed by atoms with van der Waals surface area (Å²) in [5.41, 5.74) is 3.82. The molecule has 1 aliphatic rings. The van der Waals surface area contributed by atoms with Gasteiger partial charge in [0.1, 0.15) is 11.6 Å². The number of rotatable bonds is 3. The maximum atomic E-state index is 5.21. The molecule has 0 bridgehead atoms. The molecule has 0 aromatic heterocycles. The molecule has 0 unspecified atom stereocenters. The van der Waals surface area contributed by atoms with E-state index < -0.39 is 0 Å². The van der Waals surface area contributed by atoms with Crippen LogP contribution in [0.1, 0.15) is 26.7 Å². The molecule has 0 saturated heterocycles. The molecule has 0 amide bonds. The van der Waals surface area contributed by atoms with Crippen molar-refractivity contribution >= 4 is 5.84 Å². The smallest absolute Gasteiger partial charge is 0.142 e. The van der Waals surface area contributed by atoms with Gasteiger partial charge in [0, 0.05) is 19.5 Å². The summed E-state index contributed by atoms with van der Waals surface area (Å²) in [4.78, 5) is 5.21. The molecule has 4 N–H and O–H groups in total. The van der Waals surface area contributed by atoms with E-state index >= 15 is 0 Å². The first kappa shape index (κ1) is 11.0. The average Bonchev–Trinajstić information content (AvgIpc) is 2.33. The summed E-state index contributed by atoms with van der Waals surface area (Å²) in [5.74, 6) is 6.94. The van der Waals surface area contributed by atoms with Crippen molar-refractivity contribution in [2.75, 3.05) is 13.1 Å². The van der Waals surface area contributed by atoms with Crippen LogP contribution in [0.3, 0.4) is 0 Å². The minimum Gasteiger partial charge on any atom is -0.369 e. The van der Waals surface area contributed by atoms with Crippen LogP contribution in [0.5, 0.6) is 0 Å². The topological polar surface area (TPSA) is 71.7 Å². The molecule has 0 aliphatic carbocycles. The SMILES string of the molecule is CC1=C(C)ON=C(NCCNN)CC1. The number of oxime groups is 1. The van der Waals surface area contributed by atoms with Crippen LogP contribution < -0.4 is 16.6 Å². The first-order valence-electron chi connectivity index (χ1n) is 4.81. The second-order valence-corrected chi connectivity index (χ2v) is 3.35. The summed E-state index contributed by atoms with van der Waals surface area (Å²) in [7, 11) is 0. The molecule has 1 aliphatic heterocycles. The number of nitrogens with zero attached hydrogens (tertiary/aromatic N) is 1. The van der Waals surface area contributed by atoms with Gasteiger partial charge in [-0.05, 0) is 25.8 Å². The van der Waals surface area contributed by atoms with Gasteiger partial charge in [0.25, 0.3) is 0 Å². The van der Waals surface area contributed by atoms with Crippen LogP contribution in [0, 0.1) is 0 Å². The van der Waals surface area contributed by atoms with E-state index in [0.29, 0.717) is 6.54 Å². The third kappa shape index (κ3) is 3.35. The van der Waals surface area contributed by atoms with Gasteiger partial charge in [-0.3, -0.25) is 11.3 Å². The van der Waals surface area contributed by atoms with Gasteiger partial charge in [-0.25, -0.2) is 0 Å². The minimum atomic E-state index is 0.713. The quantitative estimate of drug-likeness (QED) is 0.350. The van der Waals surface area contributed by atoms with Gasteiger partial charge in [0.2, 0.25) is 0 Å². The van der Waals surface area contributed by atoms with Gasteiger partial charge in [-0.1, -0.05) is 5.16 Å². The maximum absolute atomic E-state index is 5.21. The average molecular weight is 198 g/mol. The molecule has 0 aromatic rings. The van der Waals surface area contributed by atoms with E-state index in [0.717, 1.165) is 31.0 Å². The Morgan fingerprint density at radius 1 is 1.36 bits per heavy atom. The molecule has 5 heteroatoms. The first-order chi connectivity index (χ1) is 6.74. The van der Waals surface area contributed by atoms with E-state index in [9.17, 15) is 0 Å². The maximum Gasteiger partial charge on any atom is 0.142 e.